The van der Waals surface area contributed by atoms with Crippen LogP contribution in [0, 0.1) is 0 Å². The van der Waals surface area contributed by atoms with Gasteiger partial charge in [-0.1, -0.05) is 0 Å². The Balaban J connectivity index is 1.75. The Morgan fingerprint density at radius 1 is 1.29 bits per heavy atom. The van der Waals surface area contributed by atoms with Crippen molar-refractivity contribution in [3.63, 3.8) is 0 Å². The van der Waals surface area contributed by atoms with Gasteiger partial charge in [0.2, 0.25) is 0 Å². The second-order valence-corrected chi connectivity index (χ2v) is 5.12. The number of nitrogens with zero attached hydrogens (tertiary/aromatic N) is 3. The van der Waals surface area contributed by atoms with Gasteiger partial charge in [-0.25, -0.2) is 0 Å². The highest BCUT2D eigenvalue weighted by Crippen LogP contribution is 2.34. The van der Waals surface area contributed by atoms with Crippen LogP contribution < -0.4 is 4.90 Å². The van der Waals surface area contributed by atoms with Crippen molar-refractivity contribution < 1.29 is 4.74 Å². The zero-order valence-electron chi connectivity index (χ0n) is 10.5. The minimum absolute atomic E-state index is 0.403. The Labute approximate surface area is 102 Å². The van der Waals surface area contributed by atoms with Crippen molar-refractivity contribution in [3.8, 4) is 0 Å². The predicted octanol–water partition coefficient (Wildman–Crippen LogP) is 0.946. The highest BCUT2D eigenvalue weighted by Gasteiger charge is 2.32. The molecule has 2 fully saturated rings. The molecule has 0 N–H and O–H groups in total. The molecule has 0 unspecified atom stereocenters. The molecular formula is C13H19N3O. The van der Waals surface area contributed by atoms with E-state index in [1.807, 2.05) is 12.4 Å². The second-order valence-electron chi connectivity index (χ2n) is 5.12. The number of likely N-dealkylation sites (N-methyl/N-ethyl adjacent to an activating group) is 1. The number of hydrogen-bond donors (Lipinski definition) is 0. The Morgan fingerprint density at radius 3 is 2.71 bits per heavy atom. The van der Waals surface area contributed by atoms with Gasteiger partial charge in [-0.3, -0.25) is 4.98 Å². The lowest BCUT2D eigenvalue weighted by atomic mass is 9.91. The number of aromatic nitrogens is 1. The highest BCUT2D eigenvalue weighted by atomic mass is 16.5. The number of methoxy groups -OCH3 is 1. The molecule has 0 atom stereocenters. The lowest BCUT2D eigenvalue weighted by Crippen LogP contribution is -2.53. The van der Waals surface area contributed by atoms with Gasteiger partial charge in [-0.2, -0.15) is 0 Å². The maximum atomic E-state index is 5.33. The van der Waals surface area contributed by atoms with Crippen LogP contribution in [-0.2, 0) is 4.74 Å². The van der Waals surface area contributed by atoms with E-state index in [1.54, 1.807) is 7.11 Å². The predicted molar refractivity (Wildman–Crippen MR) is 67.5 cm³/mol. The molecule has 0 aliphatic carbocycles. The van der Waals surface area contributed by atoms with Crippen molar-refractivity contribution in [2.45, 2.75) is 12.0 Å². The van der Waals surface area contributed by atoms with Gasteiger partial charge < -0.3 is 14.5 Å². The summed E-state index contributed by atoms with van der Waals surface area (Å²) in [4.78, 5) is 9.01. The topological polar surface area (TPSA) is 28.6 Å². The van der Waals surface area contributed by atoms with Gasteiger partial charge in [0.15, 0.2) is 0 Å². The van der Waals surface area contributed by atoms with Crippen LogP contribution in [0.2, 0.25) is 0 Å². The molecule has 1 aromatic heterocycles. The average Bonchev–Trinajstić information content (AvgIpc) is 2.24. The van der Waals surface area contributed by atoms with Crippen molar-refractivity contribution in [2.75, 3.05) is 45.2 Å². The molecule has 17 heavy (non-hydrogen) atoms. The molecular weight excluding hydrogens is 214 g/mol. The van der Waals surface area contributed by atoms with Gasteiger partial charge in [0.05, 0.1) is 6.10 Å². The van der Waals surface area contributed by atoms with Crippen LogP contribution >= 0.6 is 0 Å². The Hall–Kier alpha value is -1.13. The number of rotatable bonds is 3. The standard InChI is InChI=1S/C13H19N3O/c1-15-6-10(7-15)12-5-14-4-3-13(12)16-8-11(9-16)17-2/h3-5,10-11H,6-9H2,1-2H3. The Morgan fingerprint density at radius 2 is 2.06 bits per heavy atom. The first-order valence-electron chi connectivity index (χ1n) is 6.18. The third kappa shape index (κ3) is 1.91. The average molecular weight is 233 g/mol. The van der Waals surface area contributed by atoms with Crippen molar-refractivity contribution in [1.29, 1.82) is 0 Å². The minimum atomic E-state index is 0.403. The summed E-state index contributed by atoms with van der Waals surface area (Å²) in [5.74, 6) is 0.658. The van der Waals surface area contributed by atoms with E-state index in [1.165, 1.54) is 11.3 Å². The van der Waals surface area contributed by atoms with E-state index in [0.717, 1.165) is 26.2 Å². The van der Waals surface area contributed by atoms with E-state index < -0.39 is 0 Å². The maximum absolute atomic E-state index is 5.33. The molecule has 0 bridgehead atoms. The zero-order chi connectivity index (χ0) is 11.8. The van der Waals surface area contributed by atoms with Gasteiger partial charge in [0.1, 0.15) is 0 Å². The fourth-order valence-corrected chi connectivity index (χ4v) is 2.68. The Kier molecular flexibility index (Phi) is 2.76. The van der Waals surface area contributed by atoms with Gasteiger partial charge in [-0.15, -0.1) is 0 Å². The molecule has 0 spiro atoms. The molecule has 2 saturated heterocycles. The summed E-state index contributed by atoms with van der Waals surface area (Å²) in [5, 5.41) is 0. The molecule has 1 aromatic rings. The number of pyridine rings is 1. The fraction of sp³-hybridized carbons (Fsp3) is 0.615. The Bertz CT molecular complexity index is 397. The first kappa shape index (κ1) is 11.0. The van der Waals surface area contributed by atoms with E-state index in [-0.39, 0.29) is 0 Å². The second kappa shape index (κ2) is 4.27. The van der Waals surface area contributed by atoms with Gasteiger partial charge in [-0.05, 0) is 18.7 Å². The quantitative estimate of drug-likeness (QED) is 0.777. The van der Waals surface area contributed by atoms with Crippen LogP contribution in [0.3, 0.4) is 0 Å². The summed E-state index contributed by atoms with van der Waals surface area (Å²) in [6, 6.07) is 2.14. The SMILES string of the molecule is COC1CN(c2ccncc2C2CN(C)C2)C1. The molecule has 92 valence electrons. The summed E-state index contributed by atoms with van der Waals surface area (Å²) in [6.07, 6.45) is 4.33. The van der Waals surface area contributed by atoms with E-state index in [0.29, 0.717) is 12.0 Å². The monoisotopic (exact) mass is 233 g/mol. The number of anilines is 1. The summed E-state index contributed by atoms with van der Waals surface area (Å²) in [5.41, 5.74) is 2.76. The summed E-state index contributed by atoms with van der Waals surface area (Å²) >= 11 is 0. The summed E-state index contributed by atoms with van der Waals surface area (Å²) in [7, 11) is 3.95. The van der Waals surface area contributed by atoms with Crippen molar-refractivity contribution in [2.24, 2.45) is 0 Å². The summed E-state index contributed by atoms with van der Waals surface area (Å²) in [6.45, 7) is 4.33. The molecule has 2 aliphatic heterocycles. The zero-order valence-corrected chi connectivity index (χ0v) is 10.5. The number of hydrogen-bond acceptors (Lipinski definition) is 4. The third-order valence-corrected chi connectivity index (χ3v) is 3.85. The van der Waals surface area contributed by atoms with E-state index in [9.17, 15) is 0 Å². The third-order valence-electron chi connectivity index (χ3n) is 3.85. The molecule has 0 saturated carbocycles. The van der Waals surface area contributed by atoms with Crippen LogP contribution in [0.25, 0.3) is 0 Å². The first-order chi connectivity index (χ1) is 8.28. The molecule has 4 nitrogen and oxygen atoms in total. The fourth-order valence-electron chi connectivity index (χ4n) is 2.68. The largest absolute Gasteiger partial charge is 0.378 e. The molecule has 2 aliphatic rings. The van der Waals surface area contributed by atoms with E-state index in [4.69, 9.17) is 4.74 Å². The lowest BCUT2D eigenvalue weighted by Gasteiger charge is -2.44. The van der Waals surface area contributed by atoms with Gasteiger partial charge >= 0.3 is 0 Å². The van der Waals surface area contributed by atoms with Crippen LogP contribution in [0.1, 0.15) is 11.5 Å². The molecule has 0 radical (unpaired) electrons. The van der Waals surface area contributed by atoms with Crippen molar-refractivity contribution in [1.82, 2.24) is 9.88 Å². The normalized spacial score (nSPS) is 22.4. The van der Waals surface area contributed by atoms with Crippen LogP contribution in [-0.4, -0.2) is 56.3 Å². The number of ether oxygens (including phenoxy) is 1. The van der Waals surface area contributed by atoms with Crippen LogP contribution in [0.15, 0.2) is 18.5 Å². The molecule has 3 heterocycles. The number of likely N-dealkylation sites (tertiary alicyclic amines) is 1. The maximum Gasteiger partial charge on any atom is 0.0920 e. The van der Waals surface area contributed by atoms with Crippen LogP contribution in [0.5, 0.6) is 0 Å². The van der Waals surface area contributed by atoms with E-state index >= 15 is 0 Å². The lowest BCUT2D eigenvalue weighted by molar-refractivity contribution is 0.0784. The smallest absolute Gasteiger partial charge is 0.0920 e. The molecule has 0 aromatic carbocycles. The first-order valence-corrected chi connectivity index (χ1v) is 6.18. The van der Waals surface area contributed by atoms with E-state index in [2.05, 4.69) is 27.9 Å². The minimum Gasteiger partial charge on any atom is -0.378 e. The molecule has 0 amide bonds. The van der Waals surface area contributed by atoms with Crippen molar-refractivity contribution in [3.05, 3.63) is 24.0 Å². The molecule has 4 heteroatoms. The molecule has 3 rings (SSSR count). The van der Waals surface area contributed by atoms with Gasteiger partial charge in [0.25, 0.3) is 0 Å². The highest BCUT2D eigenvalue weighted by molar-refractivity contribution is 5.56. The summed E-state index contributed by atoms with van der Waals surface area (Å²) < 4.78 is 5.33. The van der Waals surface area contributed by atoms with Crippen molar-refractivity contribution >= 4 is 5.69 Å². The van der Waals surface area contributed by atoms with Crippen LogP contribution in [0.4, 0.5) is 5.69 Å². The van der Waals surface area contributed by atoms with Gasteiger partial charge in [0, 0.05) is 57.3 Å².